The topological polar surface area (TPSA) is 90.7 Å². The zero-order chi connectivity index (χ0) is 15.3. The Morgan fingerprint density at radius 3 is 2.90 bits per heavy atom. The molecule has 2 unspecified atom stereocenters. The van der Waals surface area contributed by atoms with Gasteiger partial charge in [0.15, 0.2) is 0 Å². The van der Waals surface area contributed by atoms with Crippen LogP contribution in [0.4, 0.5) is 5.69 Å². The average Bonchev–Trinajstić information content (AvgIpc) is 2.40. The summed E-state index contributed by atoms with van der Waals surface area (Å²) in [5.41, 5.74) is 6.23. The molecule has 1 aromatic carbocycles. The molecule has 0 radical (unpaired) electrons. The first-order valence-electron chi connectivity index (χ1n) is 7.05. The van der Waals surface area contributed by atoms with Crippen LogP contribution in [0.5, 0.6) is 5.75 Å². The first kappa shape index (κ1) is 16.1. The number of anilines is 1. The molecule has 7 heteroatoms. The third kappa shape index (κ3) is 5.18. The van der Waals surface area contributed by atoms with Gasteiger partial charge in [-0.2, -0.15) is 0 Å². The Morgan fingerprint density at radius 1 is 1.43 bits per heavy atom. The van der Waals surface area contributed by atoms with Crippen molar-refractivity contribution in [1.29, 1.82) is 0 Å². The maximum atomic E-state index is 12.0. The van der Waals surface area contributed by atoms with E-state index >= 15 is 0 Å². The number of para-hydroxylation sites is 2. The van der Waals surface area contributed by atoms with Crippen molar-refractivity contribution in [3.8, 4) is 5.75 Å². The molecule has 21 heavy (non-hydrogen) atoms. The Hall–Kier alpha value is -1.31. The Labute approximate surface area is 125 Å². The largest absolute Gasteiger partial charge is 0.490 e. The number of benzene rings is 1. The van der Waals surface area contributed by atoms with Crippen LogP contribution in [-0.4, -0.2) is 39.5 Å². The van der Waals surface area contributed by atoms with E-state index in [1.807, 2.05) is 6.92 Å². The molecule has 118 valence electrons. The first-order valence-corrected chi connectivity index (χ1v) is 8.70. The molecular formula is C14H22N2O4S. The average molecular weight is 314 g/mol. The van der Waals surface area contributed by atoms with Crippen LogP contribution in [0, 0.1) is 0 Å². The van der Waals surface area contributed by atoms with Crippen LogP contribution >= 0.6 is 0 Å². The third-order valence-electron chi connectivity index (χ3n) is 3.36. The fourth-order valence-electron chi connectivity index (χ4n) is 2.29. The number of nitrogen functional groups attached to an aromatic ring is 1. The van der Waals surface area contributed by atoms with Crippen molar-refractivity contribution in [2.45, 2.75) is 31.9 Å². The minimum Gasteiger partial charge on any atom is -0.490 e. The second-order valence-corrected chi connectivity index (χ2v) is 7.10. The molecule has 3 N–H and O–H groups in total. The maximum Gasteiger partial charge on any atom is 0.215 e. The summed E-state index contributed by atoms with van der Waals surface area (Å²) in [6.07, 6.45) is 1.49. The first-order chi connectivity index (χ1) is 9.96. The predicted octanol–water partition coefficient (Wildman–Crippen LogP) is 1.13. The highest BCUT2D eigenvalue weighted by Crippen LogP contribution is 2.19. The van der Waals surface area contributed by atoms with Gasteiger partial charge in [0.25, 0.3) is 0 Å². The summed E-state index contributed by atoms with van der Waals surface area (Å²) in [5, 5.41) is 0. The monoisotopic (exact) mass is 314 g/mol. The van der Waals surface area contributed by atoms with Crippen LogP contribution < -0.4 is 15.2 Å². The second kappa shape index (κ2) is 7.11. The van der Waals surface area contributed by atoms with E-state index in [0.717, 1.165) is 0 Å². The Bertz CT molecular complexity index is 562. The van der Waals surface area contributed by atoms with Crippen LogP contribution in [0.2, 0.25) is 0 Å². The Kier molecular flexibility index (Phi) is 5.44. The summed E-state index contributed by atoms with van der Waals surface area (Å²) < 4.78 is 37.6. The highest BCUT2D eigenvalue weighted by atomic mass is 32.2. The molecule has 1 aliphatic rings. The fraction of sp³-hybridized carbons (Fsp3) is 0.571. The molecule has 1 aliphatic heterocycles. The molecule has 1 saturated heterocycles. The molecule has 0 amide bonds. The van der Waals surface area contributed by atoms with Crippen molar-refractivity contribution in [1.82, 2.24) is 4.72 Å². The van der Waals surface area contributed by atoms with E-state index in [9.17, 15) is 8.42 Å². The number of hydrogen-bond donors (Lipinski definition) is 2. The van der Waals surface area contributed by atoms with E-state index in [0.29, 0.717) is 30.9 Å². The molecule has 0 bridgehead atoms. The van der Waals surface area contributed by atoms with Gasteiger partial charge in [-0.3, -0.25) is 0 Å². The van der Waals surface area contributed by atoms with Crippen LogP contribution in [0.3, 0.4) is 0 Å². The SMILES string of the molecule is CC1CC(NS(=O)(=O)CCOc2ccccc2N)CCO1. The van der Waals surface area contributed by atoms with Crippen LogP contribution in [0.1, 0.15) is 19.8 Å². The zero-order valence-corrected chi connectivity index (χ0v) is 12.9. The smallest absolute Gasteiger partial charge is 0.215 e. The number of nitrogens with one attached hydrogen (secondary N) is 1. The normalized spacial score (nSPS) is 22.9. The van der Waals surface area contributed by atoms with Gasteiger partial charge in [0.2, 0.25) is 10.0 Å². The van der Waals surface area contributed by atoms with Gasteiger partial charge in [0.05, 0.1) is 17.5 Å². The number of nitrogens with two attached hydrogens (primary N) is 1. The van der Waals surface area contributed by atoms with Gasteiger partial charge >= 0.3 is 0 Å². The van der Waals surface area contributed by atoms with E-state index in [-0.39, 0.29) is 24.5 Å². The van der Waals surface area contributed by atoms with Gasteiger partial charge in [-0.05, 0) is 31.9 Å². The zero-order valence-electron chi connectivity index (χ0n) is 12.1. The minimum absolute atomic E-state index is 0.0551. The van der Waals surface area contributed by atoms with Gasteiger partial charge in [-0.15, -0.1) is 0 Å². The lowest BCUT2D eigenvalue weighted by atomic mass is 10.1. The summed E-state index contributed by atoms with van der Waals surface area (Å²) in [7, 11) is -3.36. The lowest BCUT2D eigenvalue weighted by Crippen LogP contribution is -2.42. The number of ether oxygens (including phenoxy) is 2. The van der Waals surface area contributed by atoms with Crippen LogP contribution in [0.15, 0.2) is 24.3 Å². The van der Waals surface area contributed by atoms with E-state index in [2.05, 4.69) is 4.72 Å². The predicted molar refractivity (Wildman–Crippen MR) is 81.7 cm³/mol. The van der Waals surface area contributed by atoms with Crippen molar-refractivity contribution in [2.24, 2.45) is 0 Å². The molecule has 0 aromatic heterocycles. The van der Waals surface area contributed by atoms with Crippen molar-refractivity contribution in [3.05, 3.63) is 24.3 Å². The molecule has 1 fully saturated rings. The van der Waals surface area contributed by atoms with Gasteiger partial charge < -0.3 is 15.2 Å². The molecule has 1 aromatic rings. The van der Waals surface area contributed by atoms with E-state index in [4.69, 9.17) is 15.2 Å². The molecular weight excluding hydrogens is 292 g/mol. The molecule has 6 nitrogen and oxygen atoms in total. The summed E-state index contributed by atoms with van der Waals surface area (Å²) >= 11 is 0. The molecule has 2 atom stereocenters. The lowest BCUT2D eigenvalue weighted by Gasteiger charge is -2.27. The van der Waals surface area contributed by atoms with E-state index < -0.39 is 10.0 Å². The molecule has 0 aliphatic carbocycles. The van der Waals surface area contributed by atoms with Crippen molar-refractivity contribution in [3.63, 3.8) is 0 Å². The number of rotatable bonds is 6. The standard InChI is InChI=1S/C14H22N2O4S/c1-11-10-12(6-7-19-11)16-21(17,18)9-8-20-14-5-3-2-4-13(14)15/h2-5,11-12,16H,6-10,15H2,1H3. The Morgan fingerprint density at radius 2 is 2.19 bits per heavy atom. The quantitative estimate of drug-likeness (QED) is 0.768. The number of hydrogen-bond acceptors (Lipinski definition) is 5. The van der Waals surface area contributed by atoms with E-state index in [1.165, 1.54) is 0 Å². The molecule has 1 heterocycles. The van der Waals surface area contributed by atoms with Crippen LogP contribution in [0.25, 0.3) is 0 Å². The highest BCUT2D eigenvalue weighted by Gasteiger charge is 2.23. The van der Waals surface area contributed by atoms with Crippen molar-refractivity contribution < 1.29 is 17.9 Å². The lowest BCUT2D eigenvalue weighted by molar-refractivity contribution is 0.0173. The second-order valence-electron chi connectivity index (χ2n) is 5.23. The number of sulfonamides is 1. The highest BCUT2D eigenvalue weighted by molar-refractivity contribution is 7.89. The summed E-state index contributed by atoms with van der Waals surface area (Å²) in [4.78, 5) is 0. The molecule has 2 rings (SSSR count). The third-order valence-corrected chi connectivity index (χ3v) is 4.76. The van der Waals surface area contributed by atoms with Crippen LogP contribution in [-0.2, 0) is 14.8 Å². The van der Waals surface area contributed by atoms with Gasteiger partial charge in [0, 0.05) is 12.6 Å². The van der Waals surface area contributed by atoms with Gasteiger partial charge in [-0.1, -0.05) is 12.1 Å². The van der Waals surface area contributed by atoms with Gasteiger partial charge in [-0.25, -0.2) is 13.1 Å². The summed E-state index contributed by atoms with van der Waals surface area (Å²) in [6, 6.07) is 6.97. The van der Waals surface area contributed by atoms with Crippen molar-refractivity contribution in [2.75, 3.05) is 24.7 Å². The summed E-state index contributed by atoms with van der Waals surface area (Å²) in [6.45, 7) is 2.61. The maximum absolute atomic E-state index is 12.0. The van der Waals surface area contributed by atoms with Gasteiger partial charge in [0.1, 0.15) is 12.4 Å². The minimum atomic E-state index is -3.36. The van der Waals surface area contributed by atoms with Crippen molar-refractivity contribution >= 4 is 15.7 Å². The molecule has 0 saturated carbocycles. The summed E-state index contributed by atoms with van der Waals surface area (Å²) in [5.74, 6) is 0.417. The Balaban J connectivity index is 1.80. The molecule has 0 spiro atoms. The fourth-order valence-corrected chi connectivity index (χ4v) is 3.43. The van der Waals surface area contributed by atoms with E-state index in [1.54, 1.807) is 24.3 Å².